The van der Waals surface area contributed by atoms with Gasteiger partial charge in [0.2, 0.25) is 0 Å². The fourth-order valence-electron chi connectivity index (χ4n) is 1.39. The van der Waals surface area contributed by atoms with Gasteiger partial charge in [-0.15, -0.1) is 0 Å². The molecule has 0 radical (unpaired) electrons. The maximum absolute atomic E-state index is 8.71. The molecular formula is C13H18O2. The van der Waals surface area contributed by atoms with Gasteiger partial charge < -0.3 is 9.84 Å². The highest BCUT2D eigenvalue weighted by Crippen LogP contribution is 2.14. The largest absolute Gasteiger partial charge is 0.497 e. The van der Waals surface area contributed by atoms with Crippen molar-refractivity contribution in [1.82, 2.24) is 0 Å². The number of allylic oxidation sites excluding steroid dienone is 1. The first-order chi connectivity index (χ1) is 7.26. The molecule has 0 aliphatic heterocycles. The van der Waals surface area contributed by atoms with Gasteiger partial charge in [0, 0.05) is 0 Å². The highest BCUT2D eigenvalue weighted by molar-refractivity contribution is 5.27. The minimum atomic E-state index is 0.133. The summed E-state index contributed by atoms with van der Waals surface area (Å²) in [6.45, 7) is 2.17. The molecule has 0 saturated heterocycles. The lowest BCUT2D eigenvalue weighted by molar-refractivity contribution is 0.341. The summed E-state index contributed by atoms with van der Waals surface area (Å²) in [5, 5.41) is 8.71. The van der Waals surface area contributed by atoms with Gasteiger partial charge in [-0.1, -0.05) is 23.8 Å². The summed E-state index contributed by atoms with van der Waals surface area (Å²) in [5.74, 6) is 0.890. The molecule has 1 N–H and O–H groups in total. The summed E-state index contributed by atoms with van der Waals surface area (Å²) < 4.78 is 5.09. The van der Waals surface area contributed by atoms with Crippen molar-refractivity contribution in [1.29, 1.82) is 0 Å². The van der Waals surface area contributed by atoms with Crippen molar-refractivity contribution in [2.75, 3.05) is 13.7 Å². The first kappa shape index (κ1) is 11.8. The third kappa shape index (κ3) is 4.17. The normalized spacial score (nSPS) is 11.5. The standard InChI is InChI=1S/C13H18O2/c1-11(9-10-14)3-4-12-5-7-13(15-2)8-6-12/h5-9,14H,3-4,10H2,1-2H3/b11-9-. The smallest absolute Gasteiger partial charge is 0.118 e. The molecule has 82 valence electrons. The van der Waals surface area contributed by atoms with Crippen LogP contribution in [0.2, 0.25) is 0 Å². The van der Waals surface area contributed by atoms with Crippen molar-refractivity contribution in [3.8, 4) is 5.75 Å². The van der Waals surface area contributed by atoms with E-state index in [4.69, 9.17) is 9.84 Å². The molecule has 0 saturated carbocycles. The Morgan fingerprint density at radius 3 is 2.53 bits per heavy atom. The van der Waals surface area contributed by atoms with Crippen molar-refractivity contribution >= 4 is 0 Å². The van der Waals surface area contributed by atoms with Crippen LogP contribution in [0.4, 0.5) is 0 Å². The summed E-state index contributed by atoms with van der Waals surface area (Å²) in [7, 11) is 1.67. The SMILES string of the molecule is COc1ccc(CC/C(C)=C\CO)cc1. The van der Waals surface area contributed by atoms with E-state index in [9.17, 15) is 0 Å². The molecule has 0 amide bonds. The number of benzene rings is 1. The number of ether oxygens (including phenoxy) is 1. The van der Waals surface area contributed by atoms with Crippen LogP contribution in [0.1, 0.15) is 18.9 Å². The maximum Gasteiger partial charge on any atom is 0.118 e. The lowest BCUT2D eigenvalue weighted by Gasteiger charge is -2.03. The van der Waals surface area contributed by atoms with E-state index in [1.807, 2.05) is 25.1 Å². The van der Waals surface area contributed by atoms with Crippen LogP contribution in [0.25, 0.3) is 0 Å². The minimum absolute atomic E-state index is 0.133. The third-order valence-electron chi connectivity index (χ3n) is 2.41. The molecule has 2 heteroatoms. The first-order valence-electron chi connectivity index (χ1n) is 5.15. The van der Waals surface area contributed by atoms with Crippen molar-refractivity contribution in [3.63, 3.8) is 0 Å². The summed E-state index contributed by atoms with van der Waals surface area (Å²) in [4.78, 5) is 0. The topological polar surface area (TPSA) is 29.5 Å². The van der Waals surface area contributed by atoms with Gasteiger partial charge in [0.15, 0.2) is 0 Å². The van der Waals surface area contributed by atoms with Crippen molar-refractivity contribution in [2.24, 2.45) is 0 Å². The van der Waals surface area contributed by atoms with Crippen LogP contribution in [0, 0.1) is 0 Å². The number of aliphatic hydroxyl groups excluding tert-OH is 1. The van der Waals surface area contributed by atoms with Gasteiger partial charge in [-0.25, -0.2) is 0 Å². The van der Waals surface area contributed by atoms with Gasteiger partial charge in [-0.3, -0.25) is 0 Å². The summed E-state index contributed by atoms with van der Waals surface area (Å²) >= 11 is 0. The molecule has 0 fully saturated rings. The second-order valence-electron chi connectivity index (χ2n) is 3.58. The van der Waals surface area contributed by atoms with Crippen LogP contribution in [0.3, 0.4) is 0 Å². The monoisotopic (exact) mass is 206 g/mol. The van der Waals surface area contributed by atoms with Crippen LogP contribution in [-0.2, 0) is 6.42 Å². The summed E-state index contributed by atoms with van der Waals surface area (Å²) in [6, 6.07) is 8.09. The zero-order valence-corrected chi connectivity index (χ0v) is 9.36. The molecule has 0 aromatic heterocycles. The zero-order valence-electron chi connectivity index (χ0n) is 9.36. The van der Waals surface area contributed by atoms with Gasteiger partial charge in [0.05, 0.1) is 13.7 Å². The molecule has 15 heavy (non-hydrogen) atoms. The van der Waals surface area contributed by atoms with Gasteiger partial charge in [-0.2, -0.15) is 0 Å². The number of aryl methyl sites for hydroxylation is 1. The molecule has 0 atom stereocenters. The first-order valence-corrected chi connectivity index (χ1v) is 5.15. The fraction of sp³-hybridized carbons (Fsp3) is 0.385. The van der Waals surface area contributed by atoms with Gasteiger partial charge in [0.1, 0.15) is 5.75 Å². The van der Waals surface area contributed by atoms with E-state index in [0.29, 0.717) is 0 Å². The Morgan fingerprint density at radius 2 is 2.00 bits per heavy atom. The molecule has 0 spiro atoms. The van der Waals surface area contributed by atoms with Crippen LogP contribution in [0.5, 0.6) is 5.75 Å². The van der Waals surface area contributed by atoms with Crippen LogP contribution < -0.4 is 4.74 Å². The molecule has 0 bridgehead atoms. The zero-order chi connectivity index (χ0) is 11.1. The van der Waals surface area contributed by atoms with E-state index >= 15 is 0 Å². The average Bonchev–Trinajstić information content (AvgIpc) is 2.27. The Balaban J connectivity index is 2.47. The van der Waals surface area contributed by atoms with E-state index in [-0.39, 0.29) is 6.61 Å². The van der Waals surface area contributed by atoms with E-state index in [2.05, 4.69) is 12.1 Å². The highest BCUT2D eigenvalue weighted by Gasteiger charge is 1.95. The number of hydrogen-bond donors (Lipinski definition) is 1. The quantitative estimate of drug-likeness (QED) is 0.750. The second kappa shape index (κ2) is 6.25. The third-order valence-corrected chi connectivity index (χ3v) is 2.41. The lowest BCUT2D eigenvalue weighted by atomic mass is 10.1. The Hall–Kier alpha value is -1.28. The summed E-state index contributed by atoms with van der Waals surface area (Å²) in [6.07, 6.45) is 3.85. The molecule has 0 heterocycles. The number of aliphatic hydroxyl groups is 1. The molecule has 0 aliphatic rings. The number of rotatable bonds is 5. The molecule has 0 unspecified atom stereocenters. The average molecular weight is 206 g/mol. The molecule has 2 nitrogen and oxygen atoms in total. The lowest BCUT2D eigenvalue weighted by Crippen LogP contribution is -1.89. The highest BCUT2D eigenvalue weighted by atomic mass is 16.5. The maximum atomic E-state index is 8.71. The van der Waals surface area contributed by atoms with E-state index in [1.54, 1.807) is 7.11 Å². The Bertz CT molecular complexity index is 312. The predicted octanol–water partition coefficient (Wildman–Crippen LogP) is 2.57. The van der Waals surface area contributed by atoms with Crippen LogP contribution >= 0.6 is 0 Å². The van der Waals surface area contributed by atoms with Crippen LogP contribution in [0.15, 0.2) is 35.9 Å². The van der Waals surface area contributed by atoms with Gasteiger partial charge >= 0.3 is 0 Å². The van der Waals surface area contributed by atoms with Crippen LogP contribution in [-0.4, -0.2) is 18.8 Å². The summed E-state index contributed by atoms with van der Waals surface area (Å²) in [5.41, 5.74) is 2.52. The number of hydrogen-bond acceptors (Lipinski definition) is 2. The molecule has 1 rings (SSSR count). The molecule has 1 aromatic carbocycles. The Labute approximate surface area is 91.2 Å². The Kier molecular flexibility index (Phi) is 4.91. The van der Waals surface area contributed by atoms with Crippen molar-refractivity contribution in [3.05, 3.63) is 41.5 Å². The van der Waals surface area contributed by atoms with E-state index in [1.165, 1.54) is 11.1 Å². The van der Waals surface area contributed by atoms with Crippen molar-refractivity contribution < 1.29 is 9.84 Å². The predicted molar refractivity (Wildman–Crippen MR) is 62.2 cm³/mol. The van der Waals surface area contributed by atoms with E-state index in [0.717, 1.165) is 18.6 Å². The molecular weight excluding hydrogens is 188 g/mol. The Morgan fingerprint density at radius 1 is 1.33 bits per heavy atom. The van der Waals surface area contributed by atoms with Gasteiger partial charge in [-0.05, 0) is 37.5 Å². The molecule has 1 aromatic rings. The second-order valence-corrected chi connectivity index (χ2v) is 3.58. The number of methoxy groups -OCH3 is 1. The molecule has 0 aliphatic carbocycles. The van der Waals surface area contributed by atoms with Crippen molar-refractivity contribution in [2.45, 2.75) is 19.8 Å². The fourth-order valence-corrected chi connectivity index (χ4v) is 1.39. The van der Waals surface area contributed by atoms with E-state index < -0.39 is 0 Å². The minimum Gasteiger partial charge on any atom is -0.497 e. The van der Waals surface area contributed by atoms with Gasteiger partial charge in [0.25, 0.3) is 0 Å².